The first-order valence-corrected chi connectivity index (χ1v) is 7.85. The molecule has 112 valence electrons. The van der Waals surface area contributed by atoms with Crippen molar-refractivity contribution in [1.82, 2.24) is 4.90 Å². The zero-order chi connectivity index (χ0) is 15.1. The number of fused-ring (bicyclic) bond motifs is 2. The van der Waals surface area contributed by atoms with Gasteiger partial charge in [0.15, 0.2) is 0 Å². The Morgan fingerprint density at radius 2 is 2.14 bits per heavy atom. The molecule has 2 fully saturated rings. The zero-order valence-electron chi connectivity index (χ0n) is 11.7. The van der Waals surface area contributed by atoms with Crippen LogP contribution in [0.4, 0.5) is 10.5 Å². The second kappa shape index (κ2) is 5.33. The lowest BCUT2D eigenvalue weighted by Crippen LogP contribution is -2.40. The van der Waals surface area contributed by atoms with Crippen LogP contribution in [-0.2, 0) is 4.79 Å². The summed E-state index contributed by atoms with van der Waals surface area (Å²) < 4.78 is 0.899. The van der Waals surface area contributed by atoms with Crippen LogP contribution in [0.3, 0.4) is 0 Å². The summed E-state index contributed by atoms with van der Waals surface area (Å²) in [6.07, 6.45) is 2.26. The normalized spacial score (nSPS) is 27.0. The molecule has 2 bridgehead atoms. The summed E-state index contributed by atoms with van der Waals surface area (Å²) in [6, 6.07) is 5.42. The molecule has 0 saturated carbocycles. The van der Waals surface area contributed by atoms with Gasteiger partial charge in [-0.2, -0.15) is 0 Å². The summed E-state index contributed by atoms with van der Waals surface area (Å²) in [4.78, 5) is 25.5. The average molecular weight is 353 g/mol. The molecule has 0 radical (unpaired) electrons. The zero-order valence-corrected chi connectivity index (χ0v) is 13.3. The highest BCUT2D eigenvalue weighted by molar-refractivity contribution is 9.10. The van der Waals surface area contributed by atoms with Crippen molar-refractivity contribution in [2.45, 2.75) is 38.3 Å². The lowest BCUT2D eigenvalue weighted by Gasteiger charge is -2.24. The van der Waals surface area contributed by atoms with Crippen molar-refractivity contribution in [3.63, 3.8) is 0 Å². The number of aliphatic carboxylic acids is 1. The fourth-order valence-electron chi connectivity index (χ4n) is 3.48. The van der Waals surface area contributed by atoms with E-state index in [0.717, 1.165) is 28.6 Å². The number of anilines is 1. The number of amides is 2. The standard InChI is InChI=1S/C15H17BrN2O3/c1-8-2-3-9(16)6-12(8)17-15(21)18-10-4-5-13(18)11(7-10)14(19)20/h2-3,6,10-11,13H,4-5,7H2,1H3,(H,17,21)(H,19,20). The van der Waals surface area contributed by atoms with Gasteiger partial charge in [0.05, 0.1) is 5.92 Å². The van der Waals surface area contributed by atoms with Crippen LogP contribution in [0.2, 0.25) is 0 Å². The lowest BCUT2D eigenvalue weighted by atomic mass is 9.89. The van der Waals surface area contributed by atoms with Gasteiger partial charge in [-0.05, 0) is 43.9 Å². The molecule has 2 aliphatic heterocycles. The van der Waals surface area contributed by atoms with Crippen molar-refractivity contribution in [2.75, 3.05) is 5.32 Å². The van der Waals surface area contributed by atoms with E-state index in [1.807, 2.05) is 25.1 Å². The number of benzene rings is 1. The Hall–Kier alpha value is -1.56. The maximum Gasteiger partial charge on any atom is 0.322 e. The van der Waals surface area contributed by atoms with Crippen molar-refractivity contribution in [2.24, 2.45) is 5.92 Å². The van der Waals surface area contributed by atoms with Crippen LogP contribution in [0.15, 0.2) is 22.7 Å². The number of rotatable bonds is 2. The van der Waals surface area contributed by atoms with Crippen LogP contribution >= 0.6 is 15.9 Å². The van der Waals surface area contributed by atoms with Gasteiger partial charge in [-0.3, -0.25) is 4.79 Å². The Labute approximate surface area is 131 Å². The molecule has 3 atom stereocenters. The monoisotopic (exact) mass is 352 g/mol. The number of carbonyl (C=O) groups excluding carboxylic acids is 1. The minimum atomic E-state index is -0.793. The Bertz CT molecular complexity index is 605. The minimum absolute atomic E-state index is 0.0589. The summed E-state index contributed by atoms with van der Waals surface area (Å²) in [5.74, 6) is -1.21. The number of carbonyl (C=O) groups is 2. The Morgan fingerprint density at radius 3 is 2.81 bits per heavy atom. The number of nitrogens with one attached hydrogen (secondary N) is 1. The number of carboxylic acid groups (broad SMARTS) is 1. The van der Waals surface area contributed by atoms with Gasteiger partial charge >= 0.3 is 12.0 Å². The van der Waals surface area contributed by atoms with Crippen LogP contribution in [0.5, 0.6) is 0 Å². The molecule has 1 aromatic carbocycles. The van der Waals surface area contributed by atoms with Crippen molar-refractivity contribution >= 4 is 33.6 Å². The smallest absolute Gasteiger partial charge is 0.322 e. The number of urea groups is 1. The van der Waals surface area contributed by atoms with E-state index < -0.39 is 11.9 Å². The third kappa shape index (κ3) is 2.52. The molecule has 2 N–H and O–H groups in total. The number of nitrogens with zero attached hydrogens (tertiary/aromatic N) is 1. The molecule has 3 unspecified atom stereocenters. The number of aryl methyl sites for hydroxylation is 1. The van der Waals surface area contributed by atoms with E-state index in [-0.39, 0.29) is 18.1 Å². The first-order chi connectivity index (χ1) is 9.97. The van der Waals surface area contributed by atoms with E-state index in [1.54, 1.807) is 4.90 Å². The van der Waals surface area contributed by atoms with Crippen LogP contribution in [0.1, 0.15) is 24.8 Å². The molecule has 1 aromatic rings. The maximum absolute atomic E-state index is 12.5. The Balaban J connectivity index is 1.77. The van der Waals surface area contributed by atoms with E-state index >= 15 is 0 Å². The van der Waals surface area contributed by atoms with Crippen molar-refractivity contribution in [3.05, 3.63) is 28.2 Å². The molecule has 2 saturated heterocycles. The van der Waals surface area contributed by atoms with Gasteiger partial charge in [-0.15, -0.1) is 0 Å². The molecule has 2 heterocycles. The molecule has 2 amide bonds. The number of hydrogen-bond acceptors (Lipinski definition) is 2. The Kier molecular flexibility index (Phi) is 3.65. The number of hydrogen-bond donors (Lipinski definition) is 2. The summed E-state index contributed by atoms with van der Waals surface area (Å²) in [5, 5.41) is 12.2. The molecule has 0 aliphatic carbocycles. The van der Waals surface area contributed by atoms with Gasteiger partial charge in [-0.1, -0.05) is 22.0 Å². The van der Waals surface area contributed by atoms with Crippen LogP contribution < -0.4 is 5.32 Å². The third-order valence-electron chi connectivity index (χ3n) is 4.53. The van der Waals surface area contributed by atoms with Gasteiger partial charge in [0, 0.05) is 22.2 Å². The predicted molar refractivity (Wildman–Crippen MR) is 82.3 cm³/mol. The molecular formula is C15H17BrN2O3. The molecule has 0 aromatic heterocycles. The van der Waals surface area contributed by atoms with Gasteiger partial charge in [0.2, 0.25) is 0 Å². The summed E-state index contributed by atoms with van der Waals surface area (Å²) in [7, 11) is 0. The van der Waals surface area contributed by atoms with Gasteiger partial charge in [0.1, 0.15) is 0 Å². The topological polar surface area (TPSA) is 69.6 Å². The predicted octanol–water partition coefficient (Wildman–Crippen LogP) is 3.23. The number of carboxylic acids is 1. The third-order valence-corrected chi connectivity index (χ3v) is 5.02. The first-order valence-electron chi connectivity index (χ1n) is 7.05. The highest BCUT2D eigenvalue weighted by Gasteiger charge is 2.51. The van der Waals surface area contributed by atoms with Gasteiger partial charge < -0.3 is 15.3 Å². The van der Waals surface area contributed by atoms with E-state index in [4.69, 9.17) is 0 Å². The molecule has 6 heteroatoms. The summed E-state index contributed by atoms with van der Waals surface area (Å²) in [5.41, 5.74) is 1.74. The van der Waals surface area contributed by atoms with Crippen LogP contribution in [-0.4, -0.2) is 34.1 Å². The van der Waals surface area contributed by atoms with E-state index in [2.05, 4.69) is 21.2 Å². The van der Waals surface area contributed by atoms with E-state index in [9.17, 15) is 14.7 Å². The highest BCUT2D eigenvalue weighted by atomic mass is 79.9. The fraction of sp³-hybridized carbons (Fsp3) is 0.467. The molecule has 3 rings (SSSR count). The quantitative estimate of drug-likeness (QED) is 0.858. The van der Waals surface area contributed by atoms with Crippen LogP contribution in [0, 0.1) is 12.8 Å². The average Bonchev–Trinajstić information content (AvgIpc) is 3.00. The van der Waals surface area contributed by atoms with E-state index in [1.165, 1.54) is 0 Å². The number of halogens is 1. The summed E-state index contributed by atoms with van der Waals surface area (Å²) >= 11 is 3.39. The van der Waals surface area contributed by atoms with E-state index in [0.29, 0.717) is 6.42 Å². The minimum Gasteiger partial charge on any atom is -0.481 e. The van der Waals surface area contributed by atoms with Crippen LogP contribution in [0.25, 0.3) is 0 Å². The lowest BCUT2D eigenvalue weighted by molar-refractivity contribution is -0.142. The first kappa shape index (κ1) is 14.4. The second-order valence-electron chi connectivity index (χ2n) is 5.78. The molecule has 5 nitrogen and oxygen atoms in total. The second-order valence-corrected chi connectivity index (χ2v) is 6.69. The molecular weight excluding hydrogens is 336 g/mol. The fourth-order valence-corrected chi connectivity index (χ4v) is 3.84. The van der Waals surface area contributed by atoms with Crippen molar-refractivity contribution in [1.29, 1.82) is 0 Å². The van der Waals surface area contributed by atoms with Gasteiger partial charge in [-0.25, -0.2) is 4.79 Å². The largest absolute Gasteiger partial charge is 0.481 e. The van der Waals surface area contributed by atoms with Crippen molar-refractivity contribution < 1.29 is 14.7 Å². The molecule has 0 spiro atoms. The SMILES string of the molecule is Cc1ccc(Br)cc1NC(=O)N1C2CCC1C(C(=O)O)C2. The maximum atomic E-state index is 12.5. The molecule has 2 aliphatic rings. The van der Waals surface area contributed by atoms with Gasteiger partial charge in [0.25, 0.3) is 0 Å². The summed E-state index contributed by atoms with van der Waals surface area (Å²) in [6.45, 7) is 1.93. The highest BCUT2D eigenvalue weighted by Crippen LogP contribution is 2.42. The Morgan fingerprint density at radius 1 is 1.38 bits per heavy atom. The van der Waals surface area contributed by atoms with Crippen molar-refractivity contribution in [3.8, 4) is 0 Å². The molecule has 21 heavy (non-hydrogen) atoms.